The van der Waals surface area contributed by atoms with Crippen LogP contribution in [0.25, 0.3) is 11.3 Å². The topological polar surface area (TPSA) is 80.4 Å². The summed E-state index contributed by atoms with van der Waals surface area (Å²) in [6.07, 6.45) is 7.20. The number of carbonyl (C=O) groups is 2. The highest BCUT2D eigenvalue weighted by molar-refractivity contribution is 5.96. The van der Waals surface area contributed by atoms with Crippen LogP contribution in [0.2, 0.25) is 0 Å². The third-order valence-corrected chi connectivity index (χ3v) is 6.83. The van der Waals surface area contributed by atoms with Gasteiger partial charge in [0.05, 0.1) is 12.2 Å². The van der Waals surface area contributed by atoms with Gasteiger partial charge >= 0.3 is 11.9 Å². The monoisotopic (exact) mass is 508 g/mol. The Labute approximate surface area is 223 Å². The maximum Gasteiger partial charge on any atom is 0.345 e. The van der Waals surface area contributed by atoms with Gasteiger partial charge in [0.1, 0.15) is 5.75 Å². The highest BCUT2D eigenvalue weighted by atomic mass is 16.6. The molecule has 2 N–H and O–H groups in total. The van der Waals surface area contributed by atoms with Crippen LogP contribution in [0.15, 0.2) is 85.1 Å². The molecule has 1 heterocycles. The van der Waals surface area contributed by atoms with Crippen LogP contribution in [-0.2, 0) is 28.9 Å². The summed E-state index contributed by atoms with van der Waals surface area (Å²) in [5, 5.41) is 3.54. The average molecular weight is 509 g/mol. The molecular formula is C32H32N2O4. The molecule has 0 spiro atoms. The molecule has 6 nitrogen and oxygen atoms in total. The zero-order valence-corrected chi connectivity index (χ0v) is 21.4. The van der Waals surface area contributed by atoms with E-state index in [1.54, 1.807) is 12.1 Å². The molecule has 0 saturated heterocycles. The molecule has 38 heavy (non-hydrogen) atoms. The molecule has 0 saturated carbocycles. The average Bonchev–Trinajstić information content (AvgIpc) is 3.50. The molecule has 5 rings (SSSR count). The Kier molecular flexibility index (Phi) is 8.19. The maximum absolute atomic E-state index is 12.4. The Morgan fingerprint density at radius 3 is 2.47 bits per heavy atom. The van der Waals surface area contributed by atoms with Gasteiger partial charge in [-0.2, -0.15) is 0 Å². The van der Waals surface area contributed by atoms with E-state index in [1.807, 2.05) is 54.7 Å². The van der Waals surface area contributed by atoms with Crippen LogP contribution in [0, 0.1) is 0 Å². The molecule has 1 aromatic heterocycles. The number of carbonyl (C=O) groups excluding carboxylic acids is 2. The number of hydrogen-bond acceptors (Lipinski definition) is 5. The number of benzene rings is 3. The summed E-state index contributed by atoms with van der Waals surface area (Å²) < 4.78 is 10.7. The minimum absolute atomic E-state index is 0.107. The van der Waals surface area contributed by atoms with E-state index in [9.17, 15) is 9.59 Å². The van der Waals surface area contributed by atoms with E-state index in [1.165, 1.54) is 29.7 Å². The van der Waals surface area contributed by atoms with Crippen molar-refractivity contribution in [3.05, 3.63) is 107 Å². The van der Waals surface area contributed by atoms with Gasteiger partial charge in [-0.05, 0) is 109 Å². The standard InChI is InChI=1S/C32H32N2O4/c35-31(11-5-21-37-27-18-16-25(17-19-27)29-10-4-20-33-29)38-32(36)26-14-12-23(13-15-26)22-34-30-9-3-7-24-6-1-2-8-28(24)30/h3-4,7,9-10,12-20,33-34H,1-2,5-6,8,11,21-22H2. The smallest absolute Gasteiger partial charge is 0.345 e. The van der Waals surface area contributed by atoms with Gasteiger partial charge in [0.15, 0.2) is 0 Å². The Morgan fingerprint density at radius 2 is 1.68 bits per heavy atom. The maximum atomic E-state index is 12.4. The SMILES string of the molecule is O=C(CCCOc1ccc(-c2ccc[nH]2)cc1)OC(=O)c1ccc(CNc2cccc3c2CCCC3)cc1. The predicted octanol–water partition coefficient (Wildman–Crippen LogP) is 6.72. The summed E-state index contributed by atoms with van der Waals surface area (Å²) in [7, 11) is 0. The fourth-order valence-electron chi connectivity index (χ4n) is 4.76. The fourth-order valence-corrected chi connectivity index (χ4v) is 4.76. The van der Waals surface area contributed by atoms with Crippen LogP contribution in [0.1, 0.15) is 52.7 Å². The minimum atomic E-state index is -0.632. The number of nitrogens with one attached hydrogen (secondary N) is 2. The second-order valence-corrected chi connectivity index (χ2v) is 9.52. The number of H-pyrrole nitrogens is 1. The van der Waals surface area contributed by atoms with Crippen molar-refractivity contribution in [2.24, 2.45) is 0 Å². The van der Waals surface area contributed by atoms with E-state index in [-0.39, 0.29) is 6.42 Å². The molecule has 0 aliphatic heterocycles. The molecule has 0 unspecified atom stereocenters. The number of fused-ring (bicyclic) bond motifs is 1. The molecule has 0 bridgehead atoms. The van der Waals surface area contributed by atoms with E-state index in [0.29, 0.717) is 25.1 Å². The largest absolute Gasteiger partial charge is 0.494 e. The number of hydrogen-bond donors (Lipinski definition) is 2. The van der Waals surface area contributed by atoms with E-state index in [0.717, 1.165) is 35.4 Å². The molecule has 4 aromatic rings. The van der Waals surface area contributed by atoms with E-state index in [2.05, 4.69) is 28.5 Å². The van der Waals surface area contributed by atoms with Crippen molar-refractivity contribution in [1.82, 2.24) is 4.98 Å². The zero-order chi connectivity index (χ0) is 26.2. The summed E-state index contributed by atoms with van der Waals surface area (Å²) in [5.41, 5.74) is 7.58. The highest BCUT2D eigenvalue weighted by Crippen LogP contribution is 2.28. The van der Waals surface area contributed by atoms with Gasteiger partial charge < -0.3 is 19.8 Å². The lowest BCUT2D eigenvalue weighted by molar-refractivity contribution is -0.138. The number of ether oxygens (including phenoxy) is 2. The van der Waals surface area contributed by atoms with Crippen molar-refractivity contribution in [3.8, 4) is 17.0 Å². The summed E-state index contributed by atoms with van der Waals surface area (Å²) in [5.74, 6) is -0.459. The van der Waals surface area contributed by atoms with Crippen molar-refractivity contribution < 1.29 is 19.1 Å². The highest BCUT2D eigenvalue weighted by Gasteiger charge is 2.14. The molecule has 0 amide bonds. The van der Waals surface area contributed by atoms with Crippen molar-refractivity contribution in [1.29, 1.82) is 0 Å². The van der Waals surface area contributed by atoms with Crippen LogP contribution >= 0.6 is 0 Å². The van der Waals surface area contributed by atoms with Crippen LogP contribution in [0.4, 0.5) is 5.69 Å². The lowest BCUT2D eigenvalue weighted by Crippen LogP contribution is -2.13. The number of esters is 2. The predicted molar refractivity (Wildman–Crippen MR) is 148 cm³/mol. The normalized spacial score (nSPS) is 12.4. The Balaban J connectivity index is 1.03. The van der Waals surface area contributed by atoms with Gasteiger partial charge in [-0.15, -0.1) is 0 Å². The lowest BCUT2D eigenvalue weighted by atomic mass is 9.90. The van der Waals surface area contributed by atoms with Crippen LogP contribution in [-0.4, -0.2) is 23.5 Å². The first kappa shape index (κ1) is 25.3. The molecule has 0 fully saturated rings. The van der Waals surface area contributed by atoms with E-state index >= 15 is 0 Å². The molecule has 3 aromatic carbocycles. The molecule has 194 valence electrons. The Morgan fingerprint density at radius 1 is 0.868 bits per heavy atom. The first-order valence-electron chi connectivity index (χ1n) is 13.2. The number of aromatic nitrogens is 1. The quantitative estimate of drug-likeness (QED) is 0.141. The van der Waals surface area contributed by atoms with Gasteiger partial charge in [0.25, 0.3) is 0 Å². The van der Waals surface area contributed by atoms with Crippen molar-refractivity contribution >= 4 is 17.6 Å². The number of rotatable bonds is 10. The third-order valence-electron chi connectivity index (χ3n) is 6.83. The summed E-state index contributed by atoms with van der Waals surface area (Å²) in [6, 6.07) is 25.3. The zero-order valence-electron chi connectivity index (χ0n) is 21.4. The van der Waals surface area contributed by atoms with Crippen molar-refractivity contribution in [3.63, 3.8) is 0 Å². The van der Waals surface area contributed by atoms with Crippen molar-refractivity contribution in [2.75, 3.05) is 11.9 Å². The molecule has 1 aliphatic carbocycles. The van der Waals surface area contributed by atoms with E-state index < -0.39 is 11.9 Å². The lowest BCUT2D eigenvalue weighted by Gasteiger charge is -2.20. The second kappa shape index (κ2) is 12.3. The van der Waals surface area contributed by atoms with Crippen LogP contribution < -0.4 is 10.1 Å². The number of anilines is 1. The van der Waals surface area contributed by atoms with Gasteiger partial charge in [-0.1, -0.05) is 24.3 Å². The van der Waals surface area contributed by atoms with Gasteiger partial charge in [0.2, 0.25) is 0 Å². The number of aryl methyl sites for hydroxylation is 1. The second-order valence-electron chi connectivity index (χ2n) is 9.52. The minimum Gasteiger partial charge on any atom is -0.494 e. The van der Waals surface area contributed by atoms with Crippen LogP contribution in [0.5, 0.6) is 5.75 Å². The van der Waals surface area contributed by atoms with Gasteiger partial charge in [0, 0.05) is 30.5 Å². The molecule has 0 atom stereocenters. The summed E-state index contributed by atoms with van der Waals surface area (Å²) >= 11 is 0. The van der Waals surface area contributed by atoms with Crippen molar-refractivity contribution in [2.45, 2.75) is 45.1 Å². The Bertz CT molecular complexity index is 1360. The molecule has 6 heteroatoms. The molecule has 0 radical (unpaired) electrons. The van der Waals surface area contributed by atoms with Gasteiger partial charge in [-0.25, -0.2) is 4.79 Å². The van der Waals surface area contributed by atoms with Gasteiger partial charge in [-0.3, -0.25) is 4.79 Å². The van der Waals surface area contributed by atoms with Crippen LogP contribution in [0.3, 0.4) is 0 Å². The fraction of sp³-hybridized carbons (Fsp3) is 0.250. The van der Waals surface area contributed by atoms with E-state index in [4.69, 9.17) is 9.47 Å². The number of aromatic amines is 1. The first-order chi connectivity index (χ1) is 18.7. The Hall–Kier alpha value is -4.32. The molecular weight excluding hydrogens is 476 g/mol. The summed E-state index contributed by atoms with van der Waals surface area (Å²) in [4.78, 5) is 27.7. The molecule has 1 aliphatic rings. The summed E-state index contributed by atoms with van der Waals surface area (Å²) in [6.45, 7) is 1.02. The third kappa shape index (κ3) is 6.51. The first-order valence-corrected chi connectivity index (χ1v) is 13.2.